The molecule has 224 valence electrons. The highest BCUT2D eigenvalue weighted by Crippen LogP contribution is 2.40. The molecule has 4 rings (SSSR count). The molecule has 41 heavy (non-hydrogen) atoms. The zero-order chi connectivity index (χ0) is 30.3. The number of likely N-dealkylation sites (tertiary alicyclic amines) is 2. The Balaban J connectivity index is 1.62. The second-order valence-electron chi connectivity index (χ2n) is 9.71. The molecule has 2 fully saturated rings. The zero-order valence-corrected chi connectivity index (χ0v) is 24.0. The smallest absolute Gasteiger partial charge is 0.422 e. The van der Waals surface area contributed by atoms with Gasteiger partial charge >= 0.3 is 12.1 Å². The number of hydrogen-bond donors (Lipinski definition) is 1. The van der Waals surface area contributed by atoms with Gasteiger partial charge in [-0.05, 0) is 46.6 Å². The van der Waals surface area contributed by atoms with E-state index in [0.717, 1.165) is 23.1 Å². The number of ether oxygens (including phenoxy) is 1. The van der Waals surface area contributed by atoms with E-state index in [1.54, 1.807) is 6.07 Å². The summed E-state index contributed by atoms with van der Waals surface area (Å²) in [6.45, 7) is -3.16. The Kier molecular flexibility index (Phi) is 8.88. The molecule has 17 heteroatoms. The molecule has 9 nitrogen and oxygen atoms in total. The number of aliphatic carboxylic acids is 1. The minimum atomic E-state index is -4.64. The number of carbonyl (C=O) groups excluding carboxylic acids is 1. The van der Waals surface area contributed by atoms with Gasteiger partial charge in [0, 0.05) is 36.4 Å². The van der Waals surface area contributed by atoms with E-state index in [0.29, 0.717) is 4.47 Å². The van der Waals surface area contributed by atoms with Crippen molar-refractivity contribution in [3.05, 3.63) is 51.7 Å². The van der Waals surface area contributed by atoms with Gasteiger partial charge in [0.05, 0.1) is 27.4 Å². The van der Waals surface area contributed by atoms with E-state index >= 15 is 0 Å². The van der Waals surface area contributed by atoms with E-state index in [-0.39, 0.29) is 24.5 Å². The molecule has 0 radical (unpaired) electrons. The maximum atomic E-state index is 13.9. The maximum Gasteiger partial charge on any atom is 0.422 e. The quantitative estimate of drug-likeness (QED) is 0.396. The summed E-state index contributed by atoms with van der Waals surface area (Å²) in [5.41, 5.74) is -1.28. The monoisotopic (exact) mass is 689 g/mol. The fraction of sp³-hybridized carbons (Fsp3) is 0.458. The van der Waals surface area contributed by atoms with E-state index in [4.69, 9.17) is 11.6 Å². The minimum absolute atomic E-state index is 0.184. The predicted molar refractivity (Wildman–Crippen MR) is 138 cm³/mol. The summed E-state index contributed by atoms with van der Waals surface area (Å²) < 4.78 is 95.5. The molecular formula is C24H22BrClF5N3O6S. The molecule has 1 N–H and O–H groups in total. The summed E-state index contributed by atoms with van der Waals surface area (Å²) >= 11 is 9.31. The largest absolute Gasteiger partial charge is 0.484 e. The van der Waals surface area contributed by atoms with Crippen LogP contribution in [-0.4, -0.2) is 96.9 Å². The molecule has 0 bridgehead atoms. The SMILES string of the molecule is O=C(O)[C@@H]1C[C@@H](S(=O)(=O)c2ccc(OCC(F)(F)F)cc2Cl)CN1C(=O)C1(c2ccc(Br)cn2)CN(CC(F)F)C1. The second kappa shape index (κ2) is 11.6. The van der Waals surface area contributed by atoms with Crippen molar-refractivity contribution in [1.29, 1.82) is 0 Å². The van der Waals surface area contributed by atoms with Crippen LogP contribution in [0.25, 0.3) is 0 Å². The highest BCUT2D eigenvalue weighted by Gasteiger charge is 2.57. The molecule has 3 heterocycles. The molecule has 0 spiro atoms. The van der Waals surface area contributed by atoms with Gasteiger partial charge in [0.1, 0.15) is 17.2 Å². The van der Waals surface area contributed by atoms with Crippen molar-refractivity contribution >= 4 is 49.2 Å². The summed E-state index contributed by atoms with van der Waals surface area (Å²) in [5, 5.41) is 8.00. The maximum absolute atomic E-state index is 13.9. The third-order valence-electron chi connectivity index (χ3n) is 6.87. The predicted octanol–water partition coefficient (Wildman–Crippen LogP) is 3.79. The highest BCUT2D eigenvalue weighted by molar-refractivity contribution is 9.10. The van der Waals surface area contributed by atoms with Crippen molar-refractivity contribution in [1.82, 2.24) is 14.8 Å². The number of halogens is 7. The number of pyridine rings is 1. The van der Waals surface area contributed by atoms with Crippen molar-refractivity contribution in [3.63, 3.8) is 0 Å². The Bertz CT molecular complexity index is 1420. The number of carbonyl (C=O) groups is 2. The van der Waals surface area contributed by atoms with Crippen molar-refractivity contribution in [2.45, 2.75) is 40.6 Å². The lowest BCUT2D eigenvalue weighted by atomic mass is 9.74. The Labute approximate surface area is 244 Å². The lowest BCUT2D eigenvalue weighted by Gasteiger charge is -2.50. The second-order valence-corrected chi connectivity index (χ2v) is 13.2. The zero-order valence-electron chi connectivity index (χ0n) is 20.8. The minimum Gasteiger partial charge on any atom is -0.484 e. The Morgan fingerprint density at radius 3 is 2.44 bits per heavy atom. The van der Waals surface area contributed by atoms with E-state index in [2.05, 4.69) is 25.7 Å². The van der Waals surface area contributed by atoms with Crippen LogP contribution in [0.3, 0.4) is 0 Å². The molecule has 1 aromatic carbocycles. The van der Waals surface area contributed by atoms with Gasteiger partial charge in [-0.25, -0.2) is 22.0 Å². The molecule has 0 saturated carbocycles. The number of sulfone groups is 1. The van der Waals surface area contributed by atoms with Crippen molar-refractivity contribution in [3.8, 4) is 5.75 Å². The van der Waals surface area contributed by atoms with Crippen LogP contribution in [0.5, 0.6) is 5.75 Å². The third-order valence-corrected chi connectivity index (χ3v) is 9.95. The van der Waals surface area contributed by atoms with Crippen LogP contribution >= 0.6 is 27.5 Å². The number of aromatic nitrogens is 1. The first-order valence-electron chi connectivity index (χ1n) is 11.9. The first-order chi connectivity index (χ1) is 19.0. The molecule has 2 aliphatic rings. The Hall–Kier alpha value is -2.56. The topological polar surface area (TPSA) is 117 Å². The summed E-state index contributed by atoms with van der Waals surface area (Å²) in [5.74, 6) is -2.58. The van der Waals surface area contributed by atoms with Crippen molar-refractivity contribution in [2.24, 2.45) is 0 Å². The van der Waals surface area contributed by atoms with Crippen molar-refractivity contribution < 1.29 is 49.8 Å². The fourth-order valence-corrected chi connectivity index (χ4v) is 7.48. The summed E-state index contributed by atoms with van der Waals surface area (Å²) in [4.78, 5) is 32.1. The van der Waals surface area contributed by atoms with Gasteiger partial charge in [0.25, 0.3) is 6.43 Å². The molecule has 2 aliphatic heterocycles. The molecule has 2 aromatic rings. The Morgan fingerprint density at radius 1 is 1.22 bits per heavy atom. The van der Waals surface area contributed by atoms with Crippen LogP contribution in [-0.2, 0) is 24.8 Å². The normalized spacial score (nSPS) is 21.1. The number of rotatable bonds is 9. The van der Waals surface area contributed by atoms with Gasteiger partial charge in [0.15, 0.2) is 16.4 Å². The number of benzene rings is 1. The average Bonchev–Trinajstić information content (AvgIpc) is 3.31. The third kappa shape index (κ3) is 6.60. The van der Waals surface area contributed by atoms with E-state index in [9.17, 15) is 45.1 Å². The molecular weight excluding hydrogens is 669 g/mol. The highest BCUT2D eigenvalue weighted by atomic mass is 79.9. The lowest BCUT2D eigenvalue weighted by molar-refractivity contribution is -0.155. The molecule has 0 unspecified atom stereocenters. The average molecular weight is 691 g/mol. The number of carboxylic acid groups (broad SMARTS) is 1. The van der Waals surface area contributed by atoms with Gasteiger partial charge in [-0.1, -0.05) is 11.6 Å². The van der Waals surface area contributed by atoms with Gasteiger partial charge < -0.3 is 14.7 Å². The first-order valence-corrected chi connectivity index (χ1v) is 14.6. The summed E-state index contributed by atoms with van der Waals surface area (Å²) in [6.07, 6.45) is -6.42. The van der Waals surface area contributed by atoms with E-state index < -0.39 is 87.1 Å². The number of amides is 1. The van der Waals surface area contributed by atoms with Gasteiger partial charge in [-0.15, -0.1) is 0 Å². The first kappa shape index (κ1) is 31.4. The van der Waals surface area contributed by atoms with Crippen LogP contribution in [0, 0.1) is 0 Å². The van der Waals surface area contributed by atoms with Crippen LogP contribution in [0.1, 0.15) is 12.1 Å². The van der Waals surface area contributed by atoms with Gasteiger partial charge in [-0.2, -0.15) is 13.2 Å². The summed E-state index contributed by atoms with van der Waals surface area (Å²) in [6, 6.07) is 4.36. The number of nitrogens with zero attached hydrogens (tertiary/aromatic N) is 3. The Morgan fingerprint density at radius 2 is 1.90 bits per heavy atom. The van der Waals surface area contributed by atoms with Crippen LogP contribution in [0.4, 0.5) is 22.0 Å². The van der Waals surface area contributed by atoms with Gasteiger partial charge in [0.2, 0.25) is 5.91 Å². The number of hydrogen-bond acceptors (Lipinski definition) is 7. The summed E-state index contributed by atoms with van der Waals surface area (Å²) in [7, 11) is -4.39. The molecule has 2 saturated heterocycles. The van der Waals surface area contributed by atoms with E-state index in [1.165, 1.54) is 17.2 Å². The molecule has 2 atom stereocenters. The lowest BCUT2D eigenvalue weighted by Crippen LogP contribution is -2.68. The number of alkyl halides is 5. The number of carboxylic acids is 1. The molecule has 1 amide bonds. The standard InChI is InChI=1S/C24H22BrClF5N3O6S/c25-13-1-4-19(32-7-13)23(10-33(11-23)9-20(27)28)22(37)34-8-15(6-17(34)21(35)36)41(38,39)18-3-2-14(5-16(18)26)40-12-24(29,30)31/h1-5,7,15,17,20H,6,8-12H2,(H,35,36)/t15-,17+/m1/s1. The van der Waals surface area contributed by atoms with Crippen LogP contribution in [0.15, 0.2) is 45.9 Å². The molecule has 1 aromatic heterocycles. The van der Waals surface area contributed by atoms with Crippen molar-refractivity contribution in [2.75, 3.05) is 32.8 Å². The van der Waals surface area contributed by atoms with Crippen LogP contribution < -0.4 is 4.74 Å². The fourth-order valence-electron chi connectivity index (χ4n) is 5.01. The van der Waals surface area contributed by atoms with E-state index in [1.807, 2.05) is 0 Å². The van der Waals surface area contributed by atoms with Gasteiger partial charge in [-0.3, -0.25) is 14.7 Å². The molecule has 0 aliphatic carbocycles. The van der Waals surface area contributed by atoms with Crippen LogP contribution in [0.2, 0.25) is 5.02 Å².